The first-order valence-corrected chi connectivity index (χ1v) is 10.5. The van der Waals surface area contributed by atoms with Crippen molar-refractivity contribution in [1.82, 2.24) is 9.78 Å². The molecule has 162 valence electrons. The molecule has 1 aliphatic carbocycles. The highest BCUT2D eigenvalue weighted by Gasteiger charge is 2.16. The molecule has 8 heteroatoms. The van der Waals surface area contributed by atoms with Crippen LogP contribution in [0.2, 0.25) is 0 Å². The number of para-hydroxylation sites is 1. The van der Waals surface area contributed by atoms with Crippen LogP contribution in [0.4, 0.5) is 22.0 Å². The van der Waals surface area contributed by atoms with Crippen molar-refractivity contribution in [3.05, 3.63) is 83.4 Å². The SMILES string of the molecule is Cn1nc(-c2ccc(NC(=O)C3=CCCC=C3Cl)cc2)cc1NC(=O)Nc1ccccc1. The lowest BCUT2D eigenvalue weighted by atomic mass is 10.1. The second-order valence-corrected chi connectivity index (χ2v) is 7.67. The van der Waals surface area contributed by atoms with Crippen LogP contribution in [0.15, 0.2) is 83.4 Å². The van der Waals surface area contributed by atoms with E-state index in [1.165, 1.54) is 0 Å². The van der Waals surface area contributed by atoms with Gasteiger partial charge >= 0.3 is 6.03 Å². The van der Waals surface area contributed by atoms with Gasteiger partial charge in [0.15, 0.2) is 0 Å². The molecule has 7 nitrogen and oxygen atoms in total. The Morgan fingerprint density at radius 3 is 2.31 bits per heavy atom. The second-order valence-electron chi connectivity index (χ2n) is 7.26. The lowest BCUT2D eigenvalue weighted by Crippen LogP contribution is -2.20. The Hall–Kier alpha value is -3.84. The highest BCUT2D eigenvalue weighted by molar-refractivity contribution is 6.36. The van der Waals surface area contributed by atoms with Gasteiger partial charge in [-0.25, -0.2) is 4.79 Å². The van der Waals surface area contributed by atoms with Gasteiger partial charge in [0.1, 0.15) is 5.82 Å². The number of benzene rings is 2. The number of halogens is 1. The van der Waals surface area contributed by atoms with Crippen LogP contribution in [0, 0.1) is 0 Å². The molecule has 2 aromatic carbocycles. The van der Waals surface area contributed by atoms with Gasteiger partial charge in [0.25, 0.3) is 5.91 Å². The molecule has 1 heterocycles. The normalized spacial score (nSPS) is 13.1. The van der Waals surface area contributed by atoms with Gasteiger partial charge in [-0.3, -0.25) is 14.8 Å². The highest BCUT2D eigenvalue weighted by atomic mass is 35.5. The molecule has 0 saturated heterocycles. The van der Waals surface area contributed by atoms with Crippen molar-refractivity contribution >= 4 is 40.7 Å². The minimum atomic E-state index is -0.353. The number of urea groups is 1. The molecule has 1 aliphatic rings. The molecule has 0 unspecified atom stereocenters. The molecule has 0 atom stereocenters. The number of hydrogen-bond donors (Lipinski definition) is 3. The van der Waals surface area contributed by atoms with Crippen LogP contribution in [0.5, 0.6) is 0 Å². The Labute approximate surface area is 190 Å². The van der Waals surface area contributed by atoms with Crippen LogP contribution in [-0.4, -0.2) is 21.7 Å². The first-order chi connectivity index (χ1) is 15.5. The molecule has 0 aliphatic heterocycles. The average molecular weight is 448 g/mol. The van der Waals surface area contributed by atoms with E-state index in [1.54, 1.807) is 29.9 Å². The number of rotatable bonds is 5. The second kappa shape index (κ2) is 9.53. The van der Waals surface area contributed by atoms with Gasteiger partial charge in [0.2, 0.25) is 0 Å². The predicted molar refractivity (Wildman–Crippen MR) is 128 cm³/mol. The molecule has 1 aromatic heterocycles. The summed E-state index contributed by atoms with van der Waals surface area (Å²) < 4.78 is 1.60. The quantitative estimate of drug-likeness (QED) is 0.481. The number of carbonyl (C=O) groups is 2. The van der Waals surface area contributed by atoms with E-state index >= 15 is 0 Å². The molecule has 0 radical (unpaired) electrons. The Morgan fingerprint density at radius 1 is 0.906 bits per heavy atom. The third-order valence-electron chi connectivity index (χ3n) is 4.93. The average Bonchev–Trinajstić information content (AvgIpc) is 3.15. The van der Waals surface area contributed by atoms with Crippen LogP contribution >= 0.6 is 11.6 Å². The van der Waals surface area contributed by atoms with Crippen LogP contribution in [0.3, 0.4) is 0 Å². The predicted octanol–water partition coefficient (Wildman–Crippen LogP) is 5.51. The van der Waals surface area contributed by atoms with Crippen molar-refractivity contribution in [2.45, 2.75) is 12.8 Å². The largest absolute Gasteiger partial charge is 0.324 e. The number of aryl methyl sites for hydroxylation is 1. The number of amides is 3. The summed E-state index contributed by atoms with van der Waals surface area (Å²) in [6.45, 7) is 0. The minimum Gasteiger partial charge on any atom is -0.322 e. The van der Waals surface area contributed by atoms with E-state index in [4.69, 9.17) is 11.6 Å². The lowest BCUT2D eigenvalue weighted by Gasteiger charge is -2.11. The summed E-state index contributed by atoms with van der Waals surface area (Å²) in [6.07, 6.45) is 5.35. The smallest absolute Gasteiger partial charge is 0.322 e. The van der Waals surface area contributed by atoms with Crippen LogP contribution in [-0.2, 0) is 11.8 Å². The number of carbonyl (C=O) groups excluding carboxylic acids is 2. The first kappa shape index (κ1) is 21.4. The summed E-state index contributed by atoms with van der Waals surface area (Å²) in [6, 6.07) is 18.0. The molecule has 3 aromatic rings. The fraction of sp³-hybridized carbons (Fsp3) is 0.125. The molecule has 0 saturated carbocycles. The van der Waals surface area contributed by atoms with E-state index in [2.05, 4.69) is 21.0 Å². The van der Waals surface area contributed by atoms with Crippen molar-refractivity contribution in [3.8, 4) is 11.3 Å². The molecule has 3 amide bonds. The van der Waals surface area contributed by atoms with Gasteiger partial charge in [0, 0.05) is 35.1 Å². The molecule has 3 N–H and O–H groups in total. The van der Waals surface area contributed by atoms with E-state index in [0.29, 0.717) is 33.5 Å². The fourth-order valence-corrected chi connectivity index (χ4v) is 3.57. The zero-order valence-corrected chi connectivity index (χ0v) is 18.2. The zero-order valence-electron chi connectivity index (χ0n) is 17.4. The molecule has 0 fully saturated rings. The van der Waals surface area contributed by atoms with Crippen molar-refractivity contribution < 1.29 is 9.59 Å². The van der Waals surface area contributed by atoms with E-state index in [-0.39, 0.29) is 11.9 Å². The maximum absolute atomic E-state index is 12.4. The summed E-state index contributed by atoms with van der Waals surface area (Å²) in [5.41, 5.74) is 3.40. The van der Waals surface area contributed by atoms with E-state index in [0.717, 1.165) is 18.4 Å². The number of allylic oxidation sites excluding steroid dienone is 2. The van der Waals surface area contributed by atoms with Crippen molar-refractivity contribution in [2.75, 3.05) is 16.0 Å². The van der Waals surface area contributed by atoms with E-state index in [1.807, 2.05) is 54.6 Å². The number of aromatic nitrogens is 2. The monoisotopic (exact) mass is 447 g/mol. The summed E-state index contributed by atoms with van der Waals surface area (Å²) >= 11 is 6.13. The highest BCUT2D eigenvalue weighted by Crippen LogP contribution is 2.26. The molecule has 0 bridgehead atoms. The van der Waals surface area contributed by atoms with Gasteiger partial charge in [-0.2, -0.15) is 5.10 Å². The molecule has 0 spiro atoms. The Kier molecular flexibility index (Phi) is 6.37. The number of anilines is 3. The number of nitrogens with one attached hydrogen (secondary N) is 3. The van der Waals surface area contributed by atoms with Crippen molar-refractivity contribution in [1.29, 1.82) is 0 Å². The van der Waals surface area contributed by atoms with Crippen molar-refractivity contribution in [3.63, 3.8) is 0 Å². The fourth-order valence-electron chi connectivity index (χ4n) is 3.29. The van der Waals surface area contributed by atoms with Gasteiger partial charge in [-0.15, -0.1) is 0 Å². The standard InChI is InChI=1S/C24H22ClN5O2/c1-30-22(28-24(32)27-17-7-3-2-4-8-17)15-21(29-30)16-11-13-18(14-12-16)26-23(31)19-9-5-6-10-20(19)25/h2-4,7-15H,5-6H2,1H3,(H,26,31)(H2,27,28,32). The Morgan fingerprint density at radius 2 is 1.59 bits per heavy atom. The number of nitrogens with zero attached hydrogens (tertiary/aromatic N) is 2. The van der Waals surface area contributed by atoms with Crippen molar-refractivity contribution in [2.24, 2.45) is 7.05 Å². The summed E-state index contributed by atoms with van der Waals surface area (Å²) in [4.78, 5) is 24.7. The van der Waals surface area contributed by atoms with E-state index in [9.17, 15) is 9.59 Å². The molecule has 4 rings (SSSR count). The van der Waals surface area contributed by atoms with Gasteiger partial charge in [0.05, 0.1) is 11.3 Å². The molecule has 32 heavy (non-hydrogen) atoms. The topological polar surface area (TPSA) is 88.1 Å². The zero-order chi connectivity index (χ0) is 22.5. The first-order valence-electron chi connectivity index (χ1n) is 10.1. The van der Waals surface area contributed by atoms with Crippen LogP contribution in [0.25, 0.3) is 11.3 Å². The summed E-state index contributed by atoms with van der Waals surface area (Å²) in [5.74, 6) is 0.323. The third-order valence-corrected chi connectivity index (χ3v) is 5.29. The minimum absolute atomic E-state index is 0.229. The van der Waals surface area contributed by atoms with Gasteiger partial charge in [-0.05, 0) is 37.1 Å². The van der Waals surface area contributed by atoms with Crippen LogP contribution in [0.1, 0.15) is 12.8 Å². The van der Waals surface area contributed by atoms with Gasteiger partial charge < -0.3 is 10.6 Å². The Bertz CT molecular complexity index is 1200. The lowest BCUT2D eigenvalue weighted by molar-refractivity contribution is -0.112. The molecular weight excluding hydrogens is 426 g/mol. The van der Waals surface area contributed by atoms with E-state index < -0.39 is 0 Å². The third kappa shape index (κ3) is 5.07. The maximum atomic E-state index is 12.4. The maximum Gasteiger partial charge on any atom is 0.324 e. The number of hydrogen-bond acceptors (Lipinski definition) is 3. The Balaban J connectivity index is 1.41. The van der Waals surface area contributed by atoms with Gasteiger partial charge in [-0.1, -0.05) is 54.1 Å². The molecular formula is C24H22ClN5O2. The van der Waals surface area contributed by atoms with Crippen LogP contribution < -0.4 is 16.0 Å². The summed E-state index contributed by atoms with van der Waals surface area (Å²) in [5, 5.41) is 13.4. The summed E-state index contributed by atoms with van der Waals surface area (Å²) in [7, 11) is 1.76.